The quantitative estimate of drug-likeness (QED) is 0.818. The Labute approximate surface area is 98.3 Å². The van der Waals surface area contributed by atoms with Crippen molar-refractivity contribution in [2.24, 2.45) is 0 Å². The van der Waals surface area contributed by atoms with Crippen LogP contribution in [0.15, 0.2) is 42.6 Å². The summed E-state index contributed by atoms with van der Waals surface area (Å²) in [5, 5.41) is 3.14. The largest absolute Gasteiger partial charge is 0.480 e. The van der Waals surface area contributed by atoms with Crippen molar-refractivity contribution in [3.05, 3.63) is 54.0 Å². The second kappa shape index (κ2) is 4.05. The summed E-state index contributed by atoms with van der Waals surface area (Å²) < 4.78 is 19.4. The van der Waals surface area contributed by atoms with Crippen molar-refractivity contribution in [1.82, 2.24) is 4.98 Å². The molecule has 1 N–H and O–H groups in total. The smallest absolute Gasteiger partial charge is 0.168 e. The van der Waals surface area contributed by atoms with Crippen LogP contribution in [0.25, 0.3) is 0 Å². The van der Waals surface area contributed by atoms with E-state index in [1.54, 1.807) is 30.5 Å². The Hall–Kier alpha value is -2.10. The summed E-state index contributed by atoms with van der Waals surface area (Å²) in [4.78, 5) is 4.14. The van der Waals surface area contributed by atoms with E-state index < -0.39 is 0 Å². The van der Waals surface area contributed by atoms with Crippen LogP contribution < -0.4 is 10.1 Å². The van der Waals surface area contributed by atoms with Gasteiger partial charge in [0.05, 0.1) is 6.54 Å². The number of aromatic nitrogens is 1. The first-order valence-corrected chi connectivity index (χ1v) is 5.44. The number of rotatable bonds is 1. The summed E-state index contributed by atoms with van der Waals surface area (Å²) >= 11 is 0. The van der Waals surface area contributed by atoms with Crippen LogP contribution >= 0.6 is 0 Å². The zero-order valence-corrected chi connectivity index (χ0v) is 9.06. The van der Waals surface area contributed by atoms with Gasteiger partial charge in [-0.1, -0.05) is 18.2 Å². The van der Waals surface area contributed by atoms with E-state index in [9.17, 15) is 4.39 Å². The number of halogens is 1. The monoisotopic (exact) mass is 230 g/mol. The first-order valence-electron chi connectivity index (χ1n) is 5.44. The molecule has 4 heteroatoms. The van der Waals surface area contributed by atoms with E-state index in [-0.39, 0.29) is 11.9 Å². The Kier molecular flexibility index (Phi) is 2.40. The highest BCUT2D eigenvalue weighted by Gasteiger charge is 2.23. The van der Waals surface area contributed by atoms with Gasteiger partial charge in [0, 0.05) is 11.8 Å². The van der Waals surface area contributed by atoms with E-state index >= 15 is 0 Å². The minimum absolute atomic E-state index is 0.244. The maximum absolute atomic E-state index is 13.6. The molecule has 0 fully saturated rings. The molecular formula is C13H11FN2O. The molecule has 0 saturated heterocycles. The van der Waals surface area contributed by atoms with E-state index in [2.05, 4.69) is 10.3 Å². The number of fused-ring (bicyclic) bond motifs is 1. The van der Waals surface area contributed by atoms with E-state index in [0.717, 1.165) is 0 Å². The Morgan fingerprint density at radius 1 is 1.24 bits per heavy atom. The lowest BCUT2D eigenvalue weighted by molar-refractivity contribution is 0.204. The number of hydrogen-bond acceptors (Lipinski definition) is 3. The highest BCUT2D eigenvalue weighted by molar-refractivity contribution is 5.52. The zero-order chi connectivity index (χ0) is 11.7. The van der Waals surface area contributed by atoms with Crippen LogP contribution in [-0.4, -0.2) is 11.5 Å². The summed E-state index contributed by atoms with van der Waals surface area (Å²) in [5.41, 5.74) is 0.564. The van der Waals surface area contributed by atoms with Gasteiger partial charge in [-0.3, -0.25) is 0 Å². The molecule has 1 aliphatic heterocycles. The summed E-state index contributed by atoms with van der Waals surface area (Å²) in [6.07, 6.45) is 1.38. The molecule has 1 aromatic heterocycles. The molecule has 17 heavy (non-hydrogen) atoms. The van der Waals surface area contributed by atoms with Crippen LogP contribution in [0, 0.1) is 5.82 Å². The second-order valence-corrected chi connectivity index (χ2v) is 3.86. The van der Waals surface area contributed by atoms with Crippen molar-refractivity contribution >= 4 is 5.82 Å². The van der Waals surface area contributed by atoms with Gasteiger partial charge in [-0.2, -0.15) is 0 Å². The second-order valence-electron chi connectivity index (χ2n) is 3.86. The predicted molar refractivity (Wildman–Crippen MR) is 62.5 cm³/mol. The van der Waals surface area contributed by atoms with Gasteiger partial charge in [-0.05, 0) is 18.2 Å². The number of anilines is 1. The normalized spacial score (nSPS) is 17.8. The van der Waals surface area contributed by atoms with Crippen molar-refractivity contribution in [3.8, 4) is 5.75 Å². The summed E-state index contributed by atoms with van der Waals surface area (Å²) in [6.45, 7) is 0.519. The summed E-state index contributed by atoms with van der Waals surface area (Å²) in [5.74, 6) is 1.12. The number of hydrogen-bond donors (Lipinski definition) is 1. The van der Waals surface area contributed by atoms with Crippen molar-refractivity contribution in [1.29, 1.82) is 0 Å². The van der Waals surface area contributed by atoms with Gasteiger partial charge in [-0.15, -0.1) is 0 Å². The lowest BCUT2D eigenvalue weighted by atomic mass is 10.1. The molecule has 3 rings (SSSR count). The topological polar surface area (TPSA) is 34.2 Å². The maximum atomic E-state index is 13.6. The van der Waals surface area contributed by atoms with Gasteiger partial charge in [0.1, 0.15) is 11.9 Å². The van der Waals surface area contributed by atoms with Crippen LogP contribution in [-0.2, 0) is 0 Å². The molecule has 86 valence electrons. The van der Waals surface area contributed by atoms with Crippen LogP contribution in [0.4, 0.5) is 10.2 Å². The summed E-state index contributed by atoms with van der Waals surface area (Å²) in [7, 11) is 0. The van der Waals surface area contributed by atoms with Crippen LogP contribution in [0.3, 0.4) is 0 Å². The summed E-state index contributed by atoms with van der Waals surface area (Å²) in [6, 6.07) is 10.3. The van der Waals surface area contributed by atoms with Gasteiger partial charge in [0.2, 0.25) is 0 Å². The number of ether oxygens (including phenoxy) is 1. The lowest BCUT2D eigenvalue weighted by Crippen LogP contribution is -2.24. The fourth-order valence-corrected chi connectivity index (χ4v) is 1.91. The molecule has 1 atom stereocenters. The van der Waals surface area contributed by atoms with Crippen LogP contribution in [0.2, 0.25) is 0 Å². The van der Waals surface area contributed by atoms with Crippen LogP contribution in [0.5, 0.6) is 5.75 Å². The molecule has 0 saturated carbocycles. The van der Waals surface area contributed by atoms with Gasteiger partial charge < -0.3 is 10.1 Å². The minimum atomic E-state index is -0.312. The van der Waals surface area contributed by atoms with Gasteiger partial charge in [-0.25, -0.2) is 9.37 Å². The molecule has 3 nitrogen and oxygen atoms in total. The maximum Gasteiger partial charge on any atom is 0.168 e. The number of pyridine rings is 1. The fraction of sp³-hybridized carbons (Fsp3) is 0.154. The Bertz CT molecular complexity index is 544. The highest BCUT2D eigenvalue weighted by Crippen LogP contribution is 2.32. The van der Waals surface area contributed by atoms with Crippen molar-refractivity contribution in [2.75, 3.05) is 11.9 Å². The van der Waals surface area contributed by atoms with E-state index in [4.69, 9.17) is 4.74 Å². The molecule has 1 aliphatic rings. The third-order valence-electron chi connectivity index (χ3n) is 2.75. The van der Waals surface area contributed by atoms with E-state index in [1.165, 1.54) is 6.07 Å². The third kappa shape index (κ3) is 1.82. The number of benzene rings is 1. The Morgan fingerprint density at radius 3 is 3.00 bits per heavy atom. The van der Waals surface area contributed by atoms with Crippen molar-refractivity contribution in [3.63, 3.8) is 0 Å². The van der Waals surface area contributed by atoms with Crippen LogP contribution in [0.1, 0.15) is 11.7 Å². The molecule has 0 radical (unpaired) electrons. The molecule has 2 aromatic rings. The molecule has 1 aromatic carbocycles. The molecule has 0 aliphatic carbocycles. The molecule has 0 spiro atoms. The van der Waals surface area contributed by atoms with Gasteiger partial charge >= 0.3 is 0 Å². The highest BCUT2D eigenvalue weighted by atomic mass is 19.1. The number of nitrogens with one attached hydrogen (secondary N) is 1. The average molecular weight is 230 g/mol. The zero-order valence-electron chi connectivity index (χ0n) is 9.06. The SMILES string of the molecule is Fc1ccccc1C1CNc2ncccc2O1. The Balaban J connectivity index is 1.92. The van der Waals surface area contributed by atoms with Crippen molar-refractivity contribution < 1.29 is 9.13 Å². The average Bonchev–Trinajstić information content (AvgIpc) is 2.39. The van der Waals surface area contributed by atoms with Crippen molar-refractivity contribution in [2.45, 2.75) is 6.10 Å². The first kappa shape index (κ1) is 10.1. The standard InChI is InChI=1S/C13H11FN2O/c14-10-5-2-1-4-9(10)12-8-16-13-11(17-12)6-3-7-15-13/h1-7,12H,8H2,(H,15,16). The van der Waals surface area contributed by atoms with Gasteiger partial charge in [0.25, 0.3) is 0 Å². The fourth-order valence-electron chi connectivity index (χ4n) is 1.91. The molecule has 0 amide bonds. The van der Waals surface area contributed by atoms with E-state index in [1.807, 2.05) is 6.07 Å². The third-order valence-corrected chi connectivity index (χ3v) is 2.75. The Morgan fingerprint density at radius 2 is 2.12 bits per heavy atom. The molecule has 0 bridgehead atoms. The van der Waals surface area contributed by atoms with E-state index in [0.29, 0.717) is 23.7 Å². The lowest BCUT2D eigenvalue weighted by Gasteiger charge is -2.26. The van der Waals surface area contributed by atoms with Gasteiger partial charge in [0.15, 0.2) is 11.6 Å². The number of nitrogens with zero attached hydrogens (tertiary/aromatic N) is 1. The minimum Gasteiger partial charge on any atom is -0.480 e. The predicted octanol–water partition coefficient (Wildman–Crippen LogP) is 2.77. The molecular weight excluding hydrogens is 219 g/mol. The molecule has 2 heterocycles. The first-order chi connectivity index (χ1) is 8.34. The molecule has 1 unspecified atom stereocenters.